The number of ether oxygens (including phenoxy) is 3. The lowest BCUT2D eigenvalue weighted by Crippen LogP contribution is -2.40. The summed E-state index contributed by atoms with van der Waals surface area (Å²) >= 11 is 1.31. The van der Waals surface area contributed by atoms with E-state index in [2.05, 4.69) is 35.8 Å². The highest BCUT2D eigenvalue weighted by molar-refractivity contribution is 7.07. The first kappa shape index (κ1) is 31.1. The van der Waals surface area contributed by atoms with Gasteiger partial charge in [-0.05, 0) is 70.0 Å². The Morgan fingerprint density at radius 2 is 1.76 bits per heavy atom. The number of para-hydroxylation sites is 1. The SMILES string of the molecule is CCOC(=O)C1=C(C)N=c2s/c(=C\c3c(C)n(Cc4ccccc4)c4ccccc34)c(=O)n2[C@@H]1c1ccc(OC(C)C)c(OC)c1. The molecule has 1 aliphatic heterocycles. The van der Waals surface area contributed by atoms with E-state index in [-0.39, 0.29) is 18.3 Å². The van der Waals surface area contributed by atoms with Crippen LogP contribution in [-0.2, 0) is 16.1 Å². The molecule has 0 saturated heterocycles. The summed E-state index contributed by atoms with van der Waals surface area (Å²) in [6.07, 6.45) is 1.90. The molecular formula is C37H37N3O5S. The molecule has 0 bridgehead atoms. The minimum atomic E-state index is -0.764. The van der Waals surface area contributed by atoms with Crippen LogP contribution in [0.15, 0.2) is 93.9 Å². The summed E-state index contributed by atoms with van der Waals surface area (Å²) < 4.78 is 21.5. The predicted molar refractivity (Wildman–Crippen MR) is 181 cm³/mol. The molecule has 0 unspecified atom stereocenters. The Labute approximate surface area is 271 Å². The van der Waals surface area contributed by atoms with Crippen molar-refractivity contribution in [2.24, 2.45) is 4.99 Å². The lowest BCUT2D eigenvalue weighted by molar-refractivity contribution is -0.139. The number of carbonyl (C=O) groups excluding carboxylic acids is 1. The molecular weight excluding hydrogens is 598 g/mol. The largest absolute Gasteiger partial charge is 0.493 e. The van der Waals surface area contributed by atoms with E-state index in [1.54, 1.807) is 25.5 Å². The smallest absolute Gasteiger partial charge is 0.338 e. The van der Waals surface area contributed by atoms with Crippen LogP contribution >= 0.6 is 11.3 Å². The molecule has 9 heteroatoms. The quantitative estimate of drug-likeness (QED) is 0.188. The highest BCUT2D eigenvalue weighted by Crippen LogP contribution is 2.36. The maximum atomic E-state index is 14.4. The zero-order valence-corrected chi connectivity index (χ0v) is 27.7. The van der Waals surface area contributed by atoms with Crippen LogP contribution in [0, 0.1) is 6.92 Å². The van der Waals surface area contributed by atoms with Crippen LogP contribution in [-0.4, -0.2) is 34.9 Å². The summed E-state index contributed by atoms with van der Waals surface area (Å²) in [4.78, 5) is 33.1. The molecule has 0 spiro atoms. The zero-order chi connectivity index (χ0) is 32.5. The molecule has 2 aromatic heterocycles. The lowest BCUT2D eigenvalue weighted by atomic mass is 9.95. The molecule has 0 aliphatic carbocycles. The first-order valence-electron chi connectivity index (χ1n) is 15.4. The highest BCUT2D eigenvalue weighted by atomic mass is 32.1. The average Bonchev–Trinajstić information content (AvgIpc) is 3.49. The van der Waals surface area contributed by atoms with Gasteiger partial charge in [0.1, 0.15) is 0 Å². The van der Waals surface area contributed by atoms with Crippen LogP contribution in [0.1, 0.15) is 56.1 Å². The second-order valence-corrected chi connectivity index (χ2v) is 12.5. The molecule has 5 aromatic rings. The number of aromatic nitrogens is 2. The molecule has 1 atom stereocenters. The van der Waals surface area contributed by atoms with E-state index >= 15 is 0 Å². The Morgan fingerprint density at radius 3 is 2.48 bits per heavy atom. The van der Waals surface area contributed by atoms with Crippen molar-refractivity contribution in [1.82, 2.24) is 9.13 Å². The van der Waals surface area contributed by atoms with Gasteiger partial charge in [0, 0.05) is 28.7 Å². The number of hydrogen-bond donors (Lipinski definition) is 0. The highest BCUT2D eigenvalue weighted by Gasteiger charge is 2.34. The molecule has 3 heterocycles. The van der Waals surface area contributed by atoms with Crippen LogP contribution in [0.5, 0.6) is 11.5 Å². The molecule has 0 radical (unpaired) electrons. The molecule has 0 saturated carbocycles. The third kappa shape index (κ3) is 5.67. The summed E-state index contributed by atoms with van der Waals surface area (Å²) in [7, 11) is 1.57. The van der Waals surface area contributed by atoms with Gasteiger partial charge in [0.2, 0.25) is 0 Å². The van der Waals surface area contributed by atoms with Crippen molar-refractivity contribution in [2.45, 2.75) is 53.3 Å². The van der Waals surface area contributed by atoms with Crippen LogP contribution in [0.3, 0.4) is 0 Å². The number of carbonyl (C=O) groups is 1. The Kier molecular flexibility index (Phi) is 8.69. The molecule has 8 nitrogen and oxygen atoms in total. The summed E-state index contributed by atoms with van der Waals surface area (Å²) in [5, 5.41) is 1.06. The first-order valence-corrected chi connectivity index (χ1v) is 16.2. The van der Waals surface area contributed by atoms with Gasteiger partial charge in [-0.2, -0.15) is 0 Å². The third-order valence-corrected chi connectivity index (χ3v) is 9.10. The molecule has 236 valence electrons. The number of benzene rings is 3. The number of nitrogens with zero attached hydrogens (tertiary/aromatic N) is 3. The van der Waals surface area contributed by atoms with Crippen LogP contribution < -0.4 is 24.4 Å². The van der Waals surface area contributed by atoms with Gasteiger partial charge in [-0.1, -0.05) is 65.9 Å². The Morgan fingerprint density at radius 1 is 1.02 bits per heavy atom. The van der Waals surface area contributed by atoms with E-state index in [1.165, 1.54) is 16.9 Å². The van der Waals surface area contributed by atoms with Crippen molar-refractivity contribution in [3.63, 3.8) is 0 Å². The average molecular weight is 636 g/mol. The van der Waals surface area contributed by atoms with Gasteiger partial charge in [-0.3, -0.25) is 9.36 Å². The number of allylic oxidation sites excluding steroid dienone is 1. The number of hydrogen-bond acceptors (Lipinski definition) is 7. The number of esters is 1. The molecule has 1 aliphatic rings. The van der Waals surface area contributed by atoms with Crippen LogP contribution in [0.2, 0.25) is 0 Å². The number of thiazole rings is 1. The van der Waals surface area contributed by atoms with Gasteiger partial charge in [0.15, 0.2) is 16.3 Å². The van der Waals surface area contributed by atoms with Crippen LogP contribution in [0.4, 0.5) is 0 Å². The molecule has 46 heavy (non-hydrogen) atoms. The van der Waals surface area contributed by atoms with Crippen LogP contribution in [0.25, 0.3) is 17.0 Å². The molecule has 0 fully saturated rings. The molecule has 6 rings (SSSR count). The fourth-order valence-electron chi connectivity index (χ4n) is 6.05. The number of fused-ring (bicyclic) bond motifs is 2. The summed E-state index contributed by atoms with van der Waals surface area (Å²) in [5.41, 5.74) is 5.60. The van der Waals surface area contributed by atoms with E-state index in [1.807, 2.05) is 68.5 Å². The Balaban J connectivity index is 1.54. The lowest BCUT2D eigenvalue weighted by Gasteiger charge is -2.25. The van der Waals surface area contributed by atoms with Crippen molar-refractivity contribution in [3.05, 3.63) is 126 Å². The summed E-state index contributed by atoms with van der Waals surface area (Å²) in [5.74, 6) is 0.576. The zero-order valence-electron chi connectivity index (χ0n) is 26.9. The Bertz CT molecular complexity index is 2150. The topological polar surface area (TPSA) is 84.1 Å². The van der Waals surface area contributed by atoms with E-state index in [9.17, 15) is 9.59 Å². The maximum absolute atomic E-state index is 14.4. The van der Waals surface area contributed by atoms with Crippen molar-refractivity contribution < 1.29 is 19.0 Å². The van der Waals surface area contributed by atoms with Crippen molar-refractivity contribution in [1.29, 1.82) is 0 Å². The molecule has 0 amide bonds. The number of rotatable bonds is 9. The summed E-state index contributed by atoms with van der Waals surface area (Å²) in [6.45, 7) is 10.4. The molecule has 0 N–H and O–H groups in total. The van der Waals surface area contributed by atoms with Gasteiger partial charge < -0.3 is 18.8 Å². The van der Waals surface area contributed by atoms with E-state index in [4.69, 9.17) is 19.2 Å². The minimum absolute atomic E-state index is 0.0586. The first-order chi connectivity index (χ1) is 22.2. The Hall–Kier alpha value is -4.89. The number of methoxy groups -OCH3 is 1. The van der Waals surface area contributed by atoms with E-state index < -0.39 is 12.0 Å². The standard InChI is InChI=1S/C37H37N3O5S/c1-7-44-36(42)33-23(4)38-37-40(34(33)26-17-18-30(45-22(2)3)31(19-26)43-6)35(41)32(46-37)20-28-24(5)39(21-25-13-9-8-10-14-25)29-16-12-11-15-27(28)29/h8-20,22,34H,7,21H2,1-6H3/b32-20-/t34-/m1/s1. The van der Waals surface area contributed by atoms with Gasteiger partial charge in [-0.15, -0.1) is 0 Å². The van der Waals surface area contributed by atoms with Crippen molar-refractivity contribution >= 4 is 34.3 Å². The predicted octanol–water partition coefficient (Wildman–Crippen LogP) is 5.91. The maximum Gasteiger partial charge on any atom is 0.338 e. The summed E-state index contributed by atoms with van der Waals surface area (Å²) in [6, 6.07) is 23.3. The van der Waals surface area contributed by atoms with Gasteiger partial charge in [-0.25, -0.2) is 9.79 Å². The second-order valence-electron chi connectivity index (χ2n) is 11.5. The van der Waals surface area contributed by atoms with Crippen molar-refractivity contribution in [3.8, 4) is 11.5 Å². The van der Waals surface area contributed by atoms with Crippen molar-refractivity contribution in [2.75, 3.05) is 13.7 Å². The van der Waals surface area contributed by atoms with Gasteiger partial charge in [0.05, 0.1) is 41.7 Å². The fourth-order valence-corrected chi connectivity index (χ4v) is 7.08. The molecule has 3 aromatic carbocycles. The fraction of sp³-hybridized carbons (Fsp3) is 0.270. The van der Waals surface area contributed by atoms with E-state index in [0.717, 1.165) is 22.2 Å². The third-order valence-electron chi connectivity index (χ3n) is 8.12. The minimum Gasteiger partial charge on any atom is -0.493 e. The normalized spacial score (nSPS) is 14.8. The van der Waals surface area contributed by atoms with Gasteiger partial charge in [0.25, 0.3) is 5.56 Å². The van der Waals surface area contributed by atoms with Gasteiger partial charge >= 0.3 is 5.97 Å². The second kappa shape index (κ2) is 12.8. The monoisotopic (exact) mass is 635 g/mol. The van der Waals surface area contributed by atoms with E-state index in [0.29, 0.717) is 44.2 Å².